The van der Waals surface area contributed by atoms with Gasteiger partial charge in [-0.3, -0.25) is 0 Å². The van der Waals surface area contributed by atoms with Gasteiger partial charge in [0.05, 0.1) is 6.54 Å². The van der Waals surface area contributed by atoms with E-state index in [0.29, 0.717) is 13.2 Å². The van der Waals surface area contributed by atoms with E-state index in [9.17, 15) is 4.79 Å². The maximum absolute atomic E-state index is 11.8. The van der Waals surface area contributed by atoms with E-state index in [1.54, 1.807) is 0 Å². The largest absolute Gasteiger partial charge is 0.491 e. The van der Waals surface area contributed by atoms with Crippen LogP contribution in [0.2, 0.25) is 0 Å². The van der Waals surface area contributed by atoms with E-state index in [1.807, 2.05) is 63.2 Å². The molecule has 0 saturated carbocycles. The van der Waals surface area contributed by atoms with Crippen LogP contribution < -0.4 is 15.4 Å². The first-order chi connectivity index (χ1) is 10.6. The van der Waals surface area contributed by atoms with Gasteiger partial charge in [0.15, 0.2) is 0 Å². The fraction of sp³-hybridized carbons (Fsp3) is 0.278. The summed E-state index contributed by atoms with van der Waals surface area (Å²) < 4.78 is 5.75. The Hall–Kier alpha value is -2.49. The number of amides is 2. The summed E-state index contributed by atoms with van der Waals surface area (Å²) in [6.07, 6.45) is 0. The predicted molar refractivity (Wildman–Crippen MR) is 89.6 cm³/mol. The molecular weight excluding hydrogens is 276 g/mol. The number of hydrogen-bond acceptors (Lipinski definition) is 2. The number of benzene rings is 2. The average Bonchev–Trinajstić information content (AvgIpc) is 2.48. The van der Waals surface area contributed by atoms with E-state index in [0.717, 1.165) is 28.1 Å². The van der Waals surface area contributed by atoms with Crippen molar-refractivity contribution in [2.75, 3.05) is 18.5 Å². The van der Waals surface area contributed by atoms with Crippen molar-refractivity contribution in [3.05, 3.63) is 59.2 Å². The first kappa shape index (κ1) is 15.9. The van der Waals surface area contributed by atoms with Gasteiger partial charge in [-0.25, -0.2) is 4.79 Å². The molecule has 0 aliphatic rings. The number of hydrogen-bond donors (Lipinski definition) is 2. The van der Waals surface area contributed by atoms with Gasteiger partial charge in [0, 0.05) is 5.69 Å². The van der Waals surface area contributed by atoms with Crippen molar-refractivity contribution in [1.82, 2.24) is 5.32 Å². The number of rotatable bonds is 5. The van der Waals surface area contributed by atoms with Gasteiger partial charge in [-0.1, -0.05) is 36.4 Å². The monoisotopic (exact) mass is 298 g/mol. The summed E-state index contributed by atoms with van der Waals surface area (Å²) in [5.41, 5.74) is 4.05. The van der Waals surface area contributed by atoms with Crippen molar-refractivity contribution < 1.29 is 9.53 Å². The van der Waals surface area contributed by atoms with Crippen molar-refractivity contribution in [3.63, 3.8) is 0 Å². The Balaban J connectivity index is 1.77. The summed E-state index contributed by atoms with van der Waals surface area (Å²) in [7, 11) is 0. The zero-order valence-corrected chi connectivity index (χ0v) is 13.3. The molecule has 2 N–H and O–H groups in total. The lowest BCUT2D eigenvalue weighted by atomic mass is 10.1. The molecule has 0 spiro atoms. The van der Waals surface area contributed by atoms with E-state index >= 15 is 0 Å². The molecular formula is C18H22N2O2. The highest BCUT2D eigenvalue weighted by Gasteiger charge is 2.05. The number of carbonyl (C=O) groups excluding carboxylic acids is 1. The van der Waals surface area contributed by atoms with Gasteiger partial charge in [0.25, 0.3) is 0 Å². The highest BCUT2D eigenvalue weighted by Crippen LogP contribution is 2.21. The number of anilines is 1. The third-order valence-electron chi connectivity index (χ3n) is 3.44. The molecule has 0 fully saturated rings. The van der Waals surface area contributed by atoms with Crippen LogP contribution in [-0.4, -0.2) is 19.2 Å². The maximum atomic E-state index is 11.8. The third kappa shape index (κ3) is 4.25. The van der Waals surface area contributed by atoms with Crippen molar-refractivity contribution in [2.24, 2.45) is 0 Å². The smallest absolute Gasteiger partial charge is 0.319 e. The van der Waals surface area contributed by atoms with Crippen molar-refractivity contribution >= 4 is 11.7 Å². The Kier molecular flexibility index (Phi) is 5.42. The Morgan fingerprint density at radius 1 is 0.955 bits per heavy atom. The number of urea groups is 1. The Labute approximate surface area is 131 Å². The molecule has 2 aromatic carbocycles. The number of carbonyl (C=O) groups is 1. The summed E-state index contributed by atoms with van der Waals surface area (Å²) in [6.45, 7) is 6.87. The minimum Gasteiger partial charge on any atom is -0.491 e. The topological polar surface area (TPSA) is 50.4 Å². The normalized spacial score (nSPS) is 10.1. The standard InChI is InChI=1S/C18H22N2O2/c1-13-7-4-5-10-16(13)20-18(21)19-11-12-22-17-14(2)8-6-9-15(17)3/h4-10H,11-12H2,1-3H3,(H2,19,20,21). The number of nitrogens with one attached hydrogen (secondary N) is 2. The van der Waals surface area contributed by atoms with Gasteiger partial charge in [0.1, 0.15) is 12.4 Å². The van der Waals surface area contributed by atoms with E-state index in [1.165, 1.54) is 0 Å². The third-order valence-corrected chi connectivity index (χ3v) is 3.44. The van der Waals surface area contributed by atoms with Crippen molar-refractivity contribution in [3.8, 4) is 5.75 Å². The van der Waals surface area contributed by atoms with Crippen LogP contribution in [-0.2, 0) is 0 Å². The van der Waals surface area contributed by atoms with Crippen LogP contribution in [0.3, 0.4) is 0 Å². The molecule has 0 heterocycles. The zero-order valence-electron chi connectivity index (χ0n) is 13.3. The van der Waals surface area contributed by atoms with Gasteiger partial charge < -0.3 is 15.4 Å². The first-order valence-corrected chi connectivity index (χ1v) is 7.37. The lowest BCUT2D eigenvalue weighted by Gasteiger charge is -2.13. The molecule has 4 nitrogen and oxygen atoms in total. The predicted octanol–water partition coefficient (Wildman–Crippen LogP) is 3.81. The molecule has 0 radical (unpaired) electrons. The van der Waals surface area contributed by atoms with Crippen molar-refractivity contribution in [1.29, 1.82) is 0 Å². The summed E-state index contributed by atoms with van der Waals surface area (Å²) >= 11 is 0. The number of ether oxygens (including phenoxy) is 1. The quantitative estimate of drug-likeness (QED) is 0.825. The van der Waals surface area contributed by atoms with Crippen LogP contribution in [0, 0.1) is 20.8 Å². The molecule has 0 saturated heterocycles. The molecule has 0 unspecified atom stereocenters. The van der Waals surface area contributed by atoms with Gasteiger partial charge in [-0.2, -0.15) is 0 Å². The highest BCUT2D eigenvalue weighted by atomic mass is 16.5. The summed E-state index contributed by atoms with van der Waals surface area (Å²) in [4.78, 5) is 11.8. The Morgan fingerprint density at radius 2 is 1.59 bits per heavy atom. The first-order valence-electron chi connectivity index (χ1n) is 7.37. The molecule has 0 aliphatic heterocycles. The lowest BCUT2D eigenvalue weighted by molar-refractivity contribution is 0.247. The Morgan fingerprint density at radius 3 is 2.27 bits per heavy atom. The SMILES string of the molecule is Cc1ccccc1NC(=O)NCCOc1c(C)cccc1C. The molecule has 116 valence electrons. The summed E-state index contributed by atoms with van der Waals surface area (Å²) in [5.74, 6) is 0.892. The number of para-hydroxylation sites is 2. The van der Waals surface area contributed by atoms with Gasteiger partial charge in [0.2, 0.25) is 0 Å². The molecule has 0 atom stereocenters. The molecule has 22 heavy (non-hydrogen) atoms. The molecule has 0 bridgehead atoms. The number of aryl methyl sites for hydroxylation is 3. The minimum absolute atomic E-state index is 0.223. The lowest BCUT2D eigenvalue weighted by Crippen LogP contribution is -2.32. The second-order valence-electron chi connectivity index (χ2n) is 5.27. The molecule has 2 aromatic rings. The van der Waals surface area contributed by atoms with E-state index in [2.05, 4.69) is 10.6 Å². The van der Waals surface area contributed by atoms with Crippen LogP contribution in [0.25, 0.3) is 0 Å². The molecule has 0 aromatic heterocycles. The summed E-state index contributed by atoms with van der Waals surface area (Å²) in [6, 6.07) is 13.5. The van der Waals surface area contributed by atoms with Gasteiger partial charge >= 0.3 is 6.03 Å². The Bertz CT molecular complexity index is 633. The van der Waals surface area contributed by atoms with Gasteiger partial charge in [-0.15, -0.1) is 0 Å². The molecule has 2 rings (SSSR count). The minimum atomic E-state index is -0.223. The van der Waals surface area contributed by atoms with Crippen molar-refractivity contribution in [2.45, 2.75) is 20.8 Å². The average molecular weight is 298 g/mol. The second kappa shape index (κ2) is 7.50. The fourth-order valence-corrected chi connectivity index (χ4v) is 2.22. The van der Waals surface area contributed by atoms with Crippen LogP contribution in [0.1, 0.15) is 16.7 Å². The van der Waals surface area contributed by atoms with Crippen LogP contribution in [0.15, 0.2) is 42.5 Å². The zero-order chi connectivity index (χ0) is 15.9. The maximum Gasteiger partial charge on any atom is 0.319 e. The van der Waals surface area contributed by atoms with Crippen LogP contribution >= 0.6 is 0 Å². The fourth-order valence-electron chi connectivity index (χ4n) is 2.22. The van der Waals surface area contributed by atoms with E-state index < -0.39 is 0 Å². The summed E-state index contributed by atoms with van der Waals surface area (Å²) in [5, 5.41) is 5.62. The van der Waals surface area contributed by atoms with E-state index in [-0.39, 0.29) is 6.03 Å². The molecule has 4 heteroatoms. The molecule has 2 amide bonds. The van der Waals surface area contributed by atoms with Gasteiger partial charge in [-0.05, 0) is 43.5 Å². The highest BCUT2D eigenvalue weighted by molar-refractivity contribution is 5.89. The van der Waals surface area contributed by atoms with Crippen LogP contribution in [0.4, 0.5) is 10.5 Å². The second-order valence-corrected chi connectivity index (χ2v) is 5.27. The van der Waals surface area contributed by atoms with Crippen LogP contribution in [0.5, 0.6) is 5.75 Å². The molecule has 0 aliphatic carbocycles. The van der Waals surface area contributed by atoms with E-state index in [4.69, 9.17) is 4.74 Å².